The van der Waals surface area contributed by atoms with Crippen molar-refractivity contribution in [3.05, 3.63) is 41.5 Å². The van der Waals surface area contributed by atoms with Gasteiger partial charge in [-0.2, -0.15) is 0 Å². The Morgan fingerprint density at radius 3 is 2.37 bits per heavy atom. The fourth-order valence-corrected chi connectivity index (χ4v) is 7.92. The molecule has 7 nitrogen and oxygen atoms in total. The van der Waals surface area contributed by atoms with Crippen LogP contribution in [0.1, 0.15) is 45.1 Å². The summed E-state index contributed by atoms with van der Waals surface area (Å²) in [5, 5.41) is 10.2. The summed E-state index contributed by atoms with van der Waals surface area (Å²) in [7, 11) is 0. The summed E-state index contributed by atoms with van der Waals surface area (Å²) in [4.78, 5) is 52.7. The molecule has 4 amide bonds. The van der Waals surface area contributed by atoms with E-state index in [0.717, 1.165) is 4.90 Å². The molecule has 1 N–H and O–H groups in total. The molecule has 6 atom stereocenters. The van der Waals surface area contributed by atoms with Crippen LogP contribution in [0.25, 0.3) is 0 Å². The zero-order valence-electron chi connectivity index (χ0n) is 19.4. The van der Waals surface area contributed by atoms with Crippen LogP contribution in [0.2, 0.25) is 0 Å². The molecule has 1 saturated carbocycles. The lowest BCUT2D eigenvalue weighted by Gasteiger charge is -2.50. The van der Waals surface area contributed by atoms with E-state index >= 15 is 0 Å². The topological polar surface area (TPSA) is 95.0 Å². The number of hydrogen-bond acceptors (Lipinski definition) is 5. The number of carbonyl (C=O) groups excluding carboxylic acids is 4. The van der Waals surface area contributed by atoms with Gasteiger partial charge in [0.1, 0.15) is 5.75 Å². The number of fused-ring (bicyclic) bond motifs is 4. The number of amides is 4. The number of alkyl halides is 3. The molecule has 5 rings (SSSR count). The summed E-state index contributed by atoms with van der Waals surface area (Å²) in [6.07, 6.45) is 2.15. The van der Waals surface area contributed by atoms with Gasteiger partial charge in [-0.1, -0.05) is 39.7 Å². The Hall–Kier alpha value is -1.90. The number of likely N-dealkylation sites (tertiary alicyclic amines) is 2. The predicted molar refractivity (Wildman–Crippen MR) is 133 cm³/mol. The van der Waals surface area contributed by atoms with Crippen LogP contribution >= 0.6 is 39.1 Å². The zero-order chi connectivity index (χ0) is 25.7. The number of carbonyl (C=O) groups is 4. The van der Waals surface area contributed by atoms with Gasteiger partial charge in [-0.25, -0.2) is 0 Å². The van der Waals surface area contributed by atoms with Gasteiger partial charge in [0.15, 0.2) is 9.75 Å². The molecule has 35 heavy (non-hydrogen) atoms. The van der Waals surface area contributed by atoms with Crippen molar-refractivity contribution in [1.82, 2.24) is 9.80 Å². The number of nitrogens with zero attached hydrogens (tertiary/aromatic N) is 2. The lowest BCUT2D eigenvalue weighted by Crippen LogP contribution is -2.60. The van der Waals surface area contributed by atoms with E-state index in [0.29, 0.717) is 17.6 Å². The zero-order valence-corrected chi connectivity index (χ0v) is 22.5. The van der Waals surface area contributed by atoms with Crippen molar-refractivity contribution < 1.29 is 24.3 Å². The van der Waals surface area contributed by atoms with Gasteiger partial charge >= 0.3 is 0 Å². The minimum atomic E-state index is -1.86. The summed E-state index contributed by atoms with van der Waals surface area (Å²) >= 11 is 17.4. The molecule has 2 saturated heterocycles. The van der Waals surface area contributed by atoms with E-state index in [9.17, 15) is 24.3 Å². The molecule has 0 aromatic heterocycles. The maximum Gasteiger partial charge on any atom is 0.254 e. The lowest BCUT2D eigenvalue weighted by atomic mass is 9.56. The van der Waals surface area contributed by atoms with Gasteiger partial charge in [-0.05, 0) is 57.2 Å². The molecular weight excluding hydrogens is 559 g/mol. The molecule has 2 heterocycles. The monoisotopic (exact) mass is 582 g/mol. The van der Waals surface area contributed by atoms with E-state index in [-0.39, 0.29) is 29.4 Å². The maximum absolute atomic E-state index is 13.7. The molecule has 0 bridgehead atoms. The molecule has 0 spiro atoms. The number of imide groups is 2. The predicted octanol–water partition coefficient (Wildman–Crippen LogP) is 3.90. The van der Waals surface area contributed by atoms with Gasteiger partial charge in [0.25, 0.3) is 11.8 Å². The van der Waals surface area contributed by atoms with Gasteiger partial charge in [-0.3, -0.25) is 29.0 Å². The number of aromatic hydroxyl groups is 1. The van der Waals surface area contributed by atoms with Crippen molar-refractivity contribution in [3.63, 3.8) is 0 Å². The summed E-state index contributed by atoms with van der Waals surface area (Å²) in [5.41, 5.74) is 0.441. The fraction of sp³-hybridized carbons (Fsp3) is 0.520. The van der Waals surface area contributed by atoms with Crippen LogP contribution in [0.4, 0.5) is 0 Å². The molecule has 3 fully saturated rings. The average molecular weight is 584 g/mol. The second kappa shape index (κ2) is 7.80. The van der Waals surface area contributed by atoms with E-state index in [1.807, 2.05) is 26.8 Å². The minimum Gasteiger partial charge on any atom is -0.508 e. The summed E-state index contributed by atoms with van der Waals surface area (Å²) in [6.45, 7) is 5.43. The molecule has 10 heteroatoms. The third-order valence-corrected chi connectivity index (χ3v) is 9.80. The molecule has 6 unspecified atom stereocenters. The van der Waals surface area contributed by atoms with E-state index in [4.69, 9.17) is 23.2 Å². The molecular formula is C25H25BrCl2N2O5. The Balaban J connectivity index is 1.72. The highest BCUT2D eigenvalue weighted by molar-refractivity contribution is 9.09. The molecule has 1 aromatic carbocycles. The highest BCUT2D eigenvalue weighted by Gasteiger charge is 2.76. The molecule has 0 radical (unpaired) electrons. The van der Waals surface area contributed by atoms with Crippen molar-refractivity contribution in [2.75, 3.05) is 5.45 Å². The van der Waals surface area contributed by atoms with Crippen molar-refractivity contribution in [2.24, 2.45) is 17.8 Å². The SMILES string of the molecule is CC(C)(C)N1C(=O)C2CC=C3C(CC4(Cl)C(=O)N(CBr)C(=O)C4(Cl)C3c3cccc(O)c3)C2C1=O. The Bertz CT molecular complexity index is 1210. The second-order valence-electron chi connectivity index (χ2n) is 10.8. The second-order valence-corrected chi connectivity index (χ2v) is 12.5. The quantitative estimate of drug-likeness (QED) is 0.247. The van der Waals surface area contributed by atoms with E-state index in [1.165, 1.54) is 17.0 Å². The number of phenolic OH excluding ortho intramolecular Hbond substituents is 1. The number of hydrogen-bond donors (Lipinski definition) is 1. The van der Waals surface area contributed by atoms with Crippen molar-refractivity contribution in [2.45, 2.75) is 54.8 Å². The first kappa shape index (κ1) is 24.8. The smallest absolute Gasteiger partial charge is 0.254 e. The molecule has 2 aliphatic carbocycles. The summed E-state index contributed by atoms with van der Waals surface area (Å²) < 4.78 is 0. The van der Waals surface area contributed by atoms with Crippen LogP contribution in [-0.2, 0) is 19.2 Å². The molecule has 2 aliphatic heterocycles. The average Bonchev–Trinajstić information content (AvgIpc) is 3.12. The van der Waals surface area contributed by atoms with Crippen LogP contribution in [0.15, 0.2) is 35.9 Å². The first-order valence-electron chi connectivity index (χ1n) is 11.5. The van der Waals surface area contributed by atoms with E-state index in [1.54, 1.807) is 12.1 Å². The molecule has 186 valence electrons. The highest BCUT2D eigenvalue weighted by atomic mass is 79.9. The fourth-order valence-electron chi connectivity index (χ4n) is 6.49. The number of benzene rings is 1. The normalized spacial score (nSPS) is 36.8. The third kappa shape index (κ3) is 3.08. The largest absolute Gasteiger partial charge is 0.508 e. The molecule has 1 aromatic rings. The number of rotatable bonds is 2. The van der Waals surface area contributed by atoms with Crippen LogP contribution in [0, 0.1) is 17.8 Å². The Morgan fingerprint density at radius 1 is 1.09 bits per heavy atom. The van der Waals surface area contributed by atoms with Crippen LogP contribution in [-0.4, -0.2) is 59.3 Å². The van der Waals surface area contributed by atoms with Crippen LogP contribution in [0.5, 0.6) is 5.75 Å². The maximum atomic E-state index is 13.7. The van der Waals surface area contributed by atoms with Gasteiger partial charge in [0.05, 0.1) is 17.3 Å². The summed E-state index contributed by atoms with van der Waals surface area (Å²) in [5.74, 6) is -4.54. The standard InChI is InChI=1S/C25H25BrCl2N2O5/c1-23(2,3)30-19(32)15-8-7-14-16(17(15)20(30)33)10-24(27)21(34)29(11-26)22(35)25(24,28)18(14)12-5-4-6-13(31)9-12/h4-7,9,15-18,31H,8,10-11H2,1-3H3. The first-order chi connectivity index (χ1) is 16.3. The van der Waals surface area contributed by atoms with Crippen molar-refractivity contribution >= 4 is 62.8 Å². The number of halogens is 3. The van der Waals surface area contributed by atoms with Crippen LogP contribution in [0.3, 0.4) is 0 Å². The Kier molecular flexibility index (Phi) is 5.52. The van der Waals surface area contributed by atoms with E-state index in [2.05, 4.69) is 15.9 Å². The highest BCUT2D eigenvalue weighted by Crippen LogP contribution is 2.65. The third-order valence-electron chi connectivity index (χ3n) is 7.89. The van der Waals surface area contributed by atoms with Crippen LogP contribution < -0.4 is 0 Å². The molecule has 4 aliphatic rings. The minimum absolute atomic E-state index is 0.0282. The van der Waals surface area contributed by atoms with Gasteiger partial charge in [0, 0.05) is 11.5 Å². The number of allylic oxidation sites excluding steroid dienone is 2. The van der Waals surface area contributed by atoms with Crippen molar-refractivity contribution in [3.8, 4) is 5.75 Å². The lowest BCUT2D eigenvalue weighted by molar-refractivity contribution is -0.146. The van der Waals surface area contributed by atoms with Gasteiger partial charge in [-0.15, -0.1) is 23.2 Å². The van der Waals surface area contributed by atoms with Crippen molar-refractivity contribution in [1.29, 1.82) is 0 Å². The van der Waals surface area contributed by atoms with E-state index < -0.39 is 50.8 Å². The summed E-state index contributed by atoms with van der Waals surface area (Å²) in [6, 6.07) is 6.35. The Labute approximate surface area is 221 Å². The van der Waals surface area contributed by atoms with Gasteiger partial charge < -0.3 is 5.11 Å². The van der Waals surface area contributed by atoms with Gasteiger partial charge in [0.2, 0.25) is 11.8 Å². The first-order valence-corrected chi connectivity index (χ1v) is 13.3. The Morgan fingerprint density at radius 2 is 1.77 bits per heavy atom. The number of phenols is 1.